The van der Waals surface area contributed by atoms with E-state index in [0.717, 1.165) is 50.1 Å². The molecule has 0 atom stereocenters. The number of nitrogens with zero attached hydrogens (tertiary/aromatic N) is 2. The van der Waals surface area contributed by atoms with E-state index in [-0.39, 0.29) is 28.9 Å². The molecule has 0 bridgehead atoms. The van der Waals surface area contributed by atoms with Crippen molar-refractivity contribution >= 4 is 16.0 Å². The van der Waals surface area contributed by atoms with Crippen LogP contribution in [0.4, 0.5) is 14.8 Å². The average Bonchev–Trinajstić information content (AvgIpc) is 3.01. The van der Waals surface area contributed by atoms with Crippen molar-refractivity contribution in [1.29, 1.82) is 0 Å². The van der Waals surface area contributed by atoms with Gasteiger partial charge in [0.2, 0.25) is 15.8 Å². The standard InChI is InChI=1S/C17H22F2N4O3S/c1-17(5-3-11(4-6-17)10-20-27(2,24)25)22-16-21-15(23-26-16)12-7-13(18)9-14(19)8-12/h7-9,11,20H,3-6,10H2,1-2H3,(H,21,22,23). The first-order chi connectivity index (χ1) is 12.6. The van der Waals surface area contributed by atoms with Crippen molar-refractivity contribution in [2.45, 2.75) is 38.1 Å². The molecule has 0 radical (unpaired) electrons. The molecule has 1 saturated carbocycles. The van der Waals surface area contributed by atoms with E-state index in [1.807, 2.05) is 6.92 Å². The van der Waals surface area contributed by atoms with E-state index >= 15 is 0 Å². The van der Waals surface area contributed by atoms with Crippen LogP contribution in [0.2, 0.25) is 0 Å². The highest BCUT2D eigenvalue weighted by molar-refractivity contribution is 7.88. The second-order valence-electron chi connectivity index (χ2n) is 7.33. The molecule has 0 saturated heterocycles. The van der Waals surface area contributed by atoms with Crippen LogP contribution in [-0.2, 0) is 10.0 Å². The Morgan fingerprint density at radius 2 is 1.85 bits per heavy atom. The van der Waals surface area contributed by atoms with Gasteiger partial charge in [-0.15, -0.1) is 0 Å². The Kier molecular flexibility index (Phi) is 5.48. The maximum absolute atomic E-state index is 13.3. The Balaban J connectivity index is 1.60. The Labute approximate surface area is 156 Å². The highest BCUT2D eigenvalue weighted by atomic mass is 32.2. The molecule has 3 rings (SSSR count). The second-order valence-corrected chi connectivity index (χ2v) is 9.16. The first-order valence-electron chi connectivity index (χ1n) is 8.65. The Morgan fingerprint density at radius 1 is 1.22 bits per heavy atom. The van der Waals surface area contributed by atoms with Crippen molar-refractivity contribution < 1.29 is 21.7 Å². The molecule has 1 aliphatic carbocycles. The number of aromatic nitrogens is 2. The number of hydrogen-bond donors (Lipinski definition) is 2. The molecule has 0 unspecified atom stereocenters. The van der Waals surface area contributed by atoms with Gasteiger partial charge in [-0.2, -0.15) is 4.98 Å². The second kappa shape index (κ2) is 7.51. The van der Waals surface area contributed by atoms with Crippen LogP contribution in [0.1, 0.15) is 32.6 Å². The number of hydrogen-bond acceptors (Lipinski definition) is 6. The zero-order chi connectivity index (χ0) is 19.7. The van der Waals surface area contributed by atoms with Crippen LogP contribution in [0.15, 0.2) is 22.7 Å². The summed E-state index contributed by atoms with van der Waals surface area (Å²) >= 11 is 0. The van der Waals surface area contributed by atoms with Crippen molar-refractivity contribution in [2.75, 3.05) is 18.1 Å². The molecule has 27 heavy (non-hydrogen) atoms. The van der Waals surface area contributed by atoms with Crippen LogP contribution < -0.4 is 10.0 Å². The minimum Gasteiger partial charge on any atom is -0.333 e. The summed E-state index contributed by atoms with van der Waals surface area (Å²) in [7, 11) is -3.18. The molecular formula is C17H22F2N4O3S. The molecule has 1 aromatic heterocycles. The van der Waals surface area contributed by atoms with Gasteiger partial charge in [-0.05, 0) is 50.7 Å². The molecule has 0 amide bonds. The first kappa shape index (κ1) is 19.7. The lowest BCUT2D eigenvalue weighted by molar-refractivity contribution is 0.263. The lowest BCUT2D eigenvalue weighted by Crippen LogP contribution is -2.41. The van der Waals surface area contributed by atoms with Crippen molar-refractivity contribution in [3.8, 4) is 11.4 Å². The van der Waals surface area contributed by atoms with Gasteiger partial charge in [0.25, 0.3) is 0 Å². The minimum absolute atomic E-state index is 0.102. The molecule has 2 N–H and O–H groups in total. The van der Waals surface area contributed by atoms with Crippen LogP contribution in [0.5, 0.6) is 0 Å². The number of rotatable bonds is 6. The highest BCUT2D eigenvalue weighted by Gasteiger charge is 2.32. The largest absolute Gasteiger partial charge is 0.333 e. The summed E-state index contributed by atoms with van der Waals surface area (Å²) in [6.45, 7) is 2.46. The number of anilines is 1. The Bertz CT molecular complexity index is 888. The fourth-order valence-corrected chi connectivity index (χ4v) is 3.78. The number of sulfonamides is 1. The summed E-state index contributed by atoms with van der Waals surface area (Å²) in [5.41, 5.74) is -0.0801. The third kappa shape index (κ3) is 5.46. The zero-order valence-corrected chi connectivity index (χ0v) is 15.9. The summed E-state index contributed by atoms with van der Waals surface area (Å²) in [6.07, 6.45) is 4.45. The molecule has 1 heterocycles. The van der Waals surface area contributed by atoms with Crippen molar-refractivity contribution in [3.05, 3.63) is 29.8 Å². The Morgan fingerprint density at radius 3 is 2.44 bits per heavy atom. The lowest BCUT2D eigenvalue weighted by Gasteiger charge is -2.37. The van der Waals surface area contributed by atoms with Crippen LogP contribution in [0.3, 0.4) is 0 Å². The third-order valence-corrected chi connectivity index (χ3v) is 5.49. The van der Waals surface area contributed by atoms with Gasteiger partial charge in [0.15, 0.2) is 0 Å². The highest BCUT2D eigenvalue weighted by Crippen LogP contribution is 2.34. The van der Waals surface area contributed by atoms with Crippen LogP contribution >= 0.6 is 0 Å². The average molecular weight is 400 g/mol. The van der Waals surface area contributed by atoms with E-state index in [1.165, 1.54) is 0 Å². The molecule has 1 fully saturated rings. The van der Waals surface area contributed by atoms with Gasteiger partial charge in [0.1, 0.15) is 11.6 Å². The van der Waals surface area contributed by atoms with E-state index in [9.17, 15) is 17.2 Å². The molecule has 0 aliphatic heterocycles. The van der Waals surface area contributed by atoms with Crippen LogP contribution in [-0.4, -0.2) is 36.9 Å². The smallest absolute Gasteiger partial charge is 0.322 e. The topological polar surface area (TPSA) is 97.1 Å². The van der Waals surface area contributed by atoms with E-state index in [0.29, 0.717) is 6.54 Å². The van der Waals surface area contributed by atoms with E-state index in [1.54, 1.807) is 0 Å². The summed E-state index contributed by atoms with van der Waals surface area (Å²) < 4.78 is 56.8. The zero-order valence-electron chi connectivity index (χ0n) is 15.1. The van der Waals surface area contributed by atoms with Crippen molar-refractivity contribution in [1.82, 2.24) is 14.9 Å². The predicted octanol–water partition coefficient (Wildman–Crippen LogP) is 2.92. The molecule has 1 aliphatic rings. The monoisotopic (exact) mass is 400 g/mol. The molecular weight excluding hydrogens is 378 g/mol. The SMILES string of the molecule is CC1(Nc2nc(-c3cc(F)cc(F)c3)no2)CCC(CNS(C)(=O)=O)CC1. The van der Waals surface area contributed by atoms with Crippen molar-refractivity contribution in [2.24, 2.45) is 5.92 Å². The predicted molar refractivity (Wildman–Crippen MR) is 96.5 cm³/mol. The molecule has 10 heteroatoms. The number of benzene rings is 1. The fraction of sp³-hybridized carbons (Fsp3) is 0.529. The van der Waals surface area contributed by atoms with Gasteiger partial charge in [-0.3, -0.25) is 0 Å². The van der Waals surface area contributed by atoms with E-state index in [2.05, 4.69) is 20.2 Å². The van der Waals surface area contributed by atoms with E-state index < -0.39 is 21.7 Å². The summed E-state index contributed by atoms with van der Waals surface area (Å²) in [6, 6.07) is 3.24. The quantitative estimate of drug-likeness (QED) is 0.774. The van der Waals surface area contributed by atoms with Gasteiger partial charge in [-0.25, -0.2) is 21.9 Å². The molecule has 1 aromatic carbocycles. The number of nitrogens with one attached hydrogen (secondary N) is 2. The van der Waals surface area contributed by atoms with Gasteiger partial charge in [-0.1, -0.05) is 5.16 Å². The maximum Gasteiger partial charge on any atom is 0.322 e. The molecule has 148 valence electrons. The number of halogens is 2. The van der Waals surface area contributed by atoms with Crippen LogP contribution in [0, 0.1) is 17.6 Å². The fourth-order valence-electron chi connectivity index (χ4n) is 3.25. The van der Waals surface area contributed by atoms with Gasteiger partial charge in [0.05, 0.1) is 6.26 Å². The molecule has 0 spiro atoms. The normalized spacial score (nSPS) is 23.3. The molecule has 7 nitrogen and oxygen atoms in total. The van der Waals surface area contributed by atoms with Crippen LogP contribution in [0.25, 0.3) is 11.4 Å². The third-order valence-electron chi connectivity index (χ3n) is 4.80. The summed E-state index contributed by atoms with van der Waals surface area (Å²) in [4.78, 5) is 4.18. The lowest BCUT2D eigenvalue weighted by atomic mass is 9.78. The van der Waals surface area contributed by atoms with Gasteiger partial charge in [0, 0.05) is 23.7 Å². The van der Waals surface area contributed by atoms with Crippen molar-refractivity contribution in [3.63, 3.8) is 0 Å². The van der Waals surface area contributed by atoms with E-state index in [4.69, 9.17) is 4.52 Å². The van der Waals surface area contributed by atoms with Gasteiger partial charge >= 0.3 is 6.01 Å². The first-order valence-corrected chi connectivity index (χ1v) is 10.5. The summed E-state index contributed by atoms with van der Waals surface area (Å²) in [5.74, 6) is -1.04. The Hall–Kier alpha value is -2.07. The minimum atomic E-state index is -3.18. The maximum atomic E-state index is 13.3. The van der Waals surface area contributed by atoms with Gasteiger partial charge < -0.3 is 9.84 Å². The molecule has 2 aromatic rings. The summed E-state index contributed by atoms with van der Waals surface area (Å²) in [5, 5.41) is 6.98.